The number of alkyl carbamates (subject to hydrolysis) is 5. The second-order valence-electron chi connectivity index (χ2n) is 27.8. The highest BCUT2D eigenvalue weighted by Crippen LogP contribution is 2.38. The third-order valence-corrected chi connectivity index (χ3v) is 14.6. The van der Waals surface area contributed by atoms with Crippen LogP contribution >= 0.6 is 0 Å². The van der Waals surface area contributed by atoms with Crippen LogP contribution in [-0.4, -0.2) is 186 Å². The molecule has 1 aromatic carbocycles. The second-order valence-corrected chi connectivity index (χ2v) is 29.4. The minimum atomic E-state index is -4.70. The van der Waals surface area contributed by atoms with Gasteiger partial charge < -0.3 is 89.6 Å². The Hall–Kier alpha value is -4.84. The van der Waals surface area contributed by atoms with Gasteiger partial charge in [0.25, 0.3) is 10.1 Å². The Labute approximate surface area is 501 Å². The highest BCUT2D eigenvalue weighted by molar-refractivity contribution is 7.86. The number of benzene rings is 1. The lowest BCUT2D eigenvalue weighted by atomic mass is 9.83. The number of aliphatic hydroxyl groups excluding tert-OH is 4. The molecule has 5 amide bonds. The van der Waals surface area contributed by atoms with Crippen LogP contribution in [0.15, 0.2) is 17.0 Å². The van der Waals surface area contributed by atoms with Crippen molar-refractivity contribution in [2.75, 3.05) is 13.2 Å². The van der Waals surface area contributed by atoms with Crippen molar-refractivity contribution < 1.29 is 99.6 Å². The Morgan fingerprint density at radius 1 is 0.518 bits per heavy atom. The number of aliphatic hydroxyl groups is 4. The predicted octanol–water partition coefficient (Wildman–Crippen LogP) is 6.32. The third kappa shape index (κ3) is 22.4. The van der Waals surface area contributed by atoms with Crippen LogP contribution in [0.1, 0.15) is 193 Å². The number of amides is 5. The van der Waals surface area contributed by atoms with E-state index in [1.165, 1.54) is 0 Å². The van der Waals surface area contributed by atoms with Crippen molar-refractivity contribution in [2.45, 2.75) is 294 Å². The first-order valence-electron chi connectivity index (χ1n) is 29.0. The number of hydrogen-bond donors (Lipinski definition) is 9. The van der Waals surface area contributed by atoms with Crippen LogP contribution in [0.5, 0.6) is 0 Å². The molecule has 2 heterocycles. The quantitative estimate of drug-likeness (QED) is 0.0608. The van der Waals surface area contributed by atoms with Crippen LogP contribution < -0.4 is 26.6 Å². The zero-order valence-electron chi connectivity index (χ0n) is 53.4. The van der Waals surface area contributed by atoms with Gasteiger partial charge in [-0.15, -0.1) is 0 Å². The molecule has 1 aliphatic carbocycles. The monoisotopic (exact) mass is 1230 g/mol. The van der Waals surface area contributed by atoms with E-state index in [4.69, 9.17) is 46.8 Å². The minimum Gasteiger partial charge on any atom is -0.444 e. The van der Waals surface area contributed by atoms with Gasteiger partial charge in [0, 0.05) is 13.0 Å². The topological polar surface area (TPSA) is 353 Å². The second kappa shape index (κ2) is 28.5. The molecule has 2 aliphatic heterocycles. The number of ether oxygens (including phenoxy) is 9. The molecule has 85 heavy (non-hydrogen) atoms. The van der Waals surface area contributed by atoms with Crippen molar-refractivity contribution in [1.29, 1.82) is 0 Å². The van der Waals surface area contributed by atoms with Gasteiger partial charge >= 0.3 is 30.5 Å². The molecule has 0 radical (unpaired) electrons. The van der Waals surface area contributed by atoms with Crippen molar-refractivity contribution in [3.63, 3.8) is 0 Å². The first-order valence-corrected chi connectivity index (χ1v) is 30.4. The van der Waals surface area contributed by atoms with Crippen molar-refractivity contribution >= 4 is 40.6 Å². The first kappa shape index (κ1) is 72.6. The average Bonchev–Trinajstić information content (AvgIpc) is 2.13. The molecule has 26 nitrogen and oxygen atoms in total. The summed E-state index contributed by atoms with van der Waals surface area (Å²) in [6.45, 7) is 34.2. The predicted molar refractivity (Wildman–Crippen MR) is 309 cm³/mol. The Kier molecular flexibility index (Phi) is 24.4. The van der Waals surface area contributed by atoms with Crippen molar-refractivity contribution in [2.24, 2.45) is 0 Å². The molecule has 1 saturated carbocycles. The molecule has 0 aromatic heterocycles. The van der Waals surface area contributed by atoms with Crippen molar-refractivity contribution in [3.05, 3.63) is 28.8 Å². The van der Waals surface area contributed by atoms with Crippen LogP contribution in [0.25, 0.3) is 0 Å². The highest BCUT2D eigenvalue weighted by Gasteiger charge is 2.55. The molecule has 0 bridgehead atoms. The zero-order valence-corrected chi connectivity index (χ0v) is 54.3. The van der Waals surface area contributed by atoms with E-state index in [-0.39, 0.29) is 35.6 Å². The van der Waals surface area contributed by atoms with Gasteiger partial charge in [0.1, 0.15) is 75.6 Å². The van der Waals surface area contributed by atoms with Crippen LogP contribution in [0, 0.1) is 0 Å². The normalized spacial score (nSPS) is 28.0. The van der Waals surface area contributed by atoms with Crippen LogP contribution in [0.4, 0.5) is 24.0 Å². The van der Waals surface area contributed by atoms with Gasteiger partial charge in [-0.2, -0.15) is 8.42 Å². The zero-order chi connectivity index (χ0) is 64.9. The molecule has 14 atom stereocenters. The van der Waals surface area contributed by atoms with Gasteiger partial charge in [-0.05, 0) is 145 Å². The maximum absolute atomic E-state index is 14.6. The molecule has 27 heteroatoms. The average molecular weight is 1230 g/mol. The highest BCUT2D eigenvalue weighted by atomic mass is 32.2. The number of carbonyl (C=O) groups excluding carboxylic acids is 5. The van der Waals surface area contributed by atoms with Gasteiger partial charge in [0.05, 0.1) is 36.9 Å². The van der Waals surface area contributed by atoms with E-state index in [1.54, 1.807) is 104 Å². The molecule has 3 fully saturated rings. The molecule has 3 aliphatic rings. The molecule has 0 spiro atoms. The van der Waals surface area contributed by atoms with Crippen LogP contribution in [-0.2, 0) is 56.9 Å². The Balaban J connectivity index is 1.89. The summed E-state index contributed by atoms with van der Waals surface area (Å²) in [6.07, 6.45) is -23.4. The molecular weight excluding hydrogens is 1130 g/mol. The lowest BCUT2D eigenvalue weighted by Gasteiger charge is -2.49. The van der Waals surface area contributed by atoms with E-state index in [2.05, 4.69) is 26.6 Å². The standard InChI is InChI=1S/C58H99N5O21S/c1-28(2)31-22-32(29(3)4)46(33(23-31)30(5)6)85(73,74)75-27-39-41(65)40(63-53(72)84-58(19,20)21)42(66)48(77-39)79-45-35(61-51(70)82-56(13,14)15)24-34(60-50(69)81-55(10,11)12)44(43(45)67)78-47-36(62-52(71)83-57(16,17)18)25-37(64)38(76-47)26-59-49(68)80-54(7,8)9/h22-23,28-30,34-45,47-48,64-67H,24-27H2,1-21H3,(H,59,68)(H,60,69)(H,61,70)(H,62,71)(H,63,72)/t34-,35?,36+,37?,38+,39?,40?,41+,42?,43?,44?,45-,47?,48+/m0/s1. The summed E-state index contributed by atoms with van der Waals surface area (Å²) in [6, 6.07) is -2.24. The Morgan fingerprint density at radius 3 is 1.32 bits per heavy atom. The van der Waals surface area contributed by atoms with Gasteiger partial charge in [-0.3, -0.25) is 4.18 Å². The van der Waals surface area contributed by atoms with Crippen LogP contribution in [0.3, 0.4) is 0 Å². The molecule has 488 valence electrons. The molecular formula is C58H99N5O21S. The van der Waals surface area contributed by atoms with E-state index in [0.29, 0.717) is 11.1 Å². The summed E-state index contributed by atoms with van der Waals surface area (Å²) < 4.78 is 88.4. The summed E-state index contributed by atoms with van der Waals surface area (Å²) in [4.78, 5) is 67.3. The summed E-state index contributed by atoms with van der Waals surface area (Å²) >= 11 is 0. The van der Waals surface area contributed by atoms with E-state index >= 15 is 0 Å². The Bertz CT molecular complexity index is 2520. The van der Waals surface area contributed by atoms with Gasteiger partial charge in [-0.1, -0.05) is 53.7 Å². The SMILES string of the molecule is CC(C)c1cc(C(C)C)c(S(=O)(=O)OCC2O[C@H](O[C@H]3C(NC(=O)OC(C)(C)C)C[C@H](NC(=O)OC(C)(C)C)C(OC4O[C@H](CNC(=O)OC(C)(C)C)C(O)C[C@H]4NC(=O)OC(C)(C)C)C3O)C(O)C(NC(=O)OC(C)(C)C)[C@@H]2O)c(C(C)C)c1. The van der Waals surface area contributed by atoms with Gasteiger partial charge in [0.15, 0.2) is 12.6 Å². The fraction of sp³-hybridized carbons (Fsp3) is 0.810. The first-order chi connectivity index (χ1) is 38.6. The number of hydrogen-bond acceptors (Lipinski definition) is 21. The number of nitrogens with one attached hydrogen (secondary N) is 5. The number of rotatable bonds is 17. The van der Waals surface area contributed by atoms with E-state index in [0.717, 1.165) is 5.56 Å². The maximum Gasteiger partial charge on any atom is 0.408 e. The molecule has 8 unspecified atom stereocenters. The molecule has 9 N–H and O–H groups in total. The van der Waals surface area contributed by atoms with Crippen LogP contribution in [0.2, 0.25) is 0 Å². The molecule has 2 saturated heterocycles. The lowest BCUT2D eigenvalue weighted by molar-refractivity contribution is -0.317. The summed E-state index contributed by atoms with van der Waals surface area (Å²) in [5.41, 5.74) is -3.26. The summed E-state index contributed by atoms with van der Waals surface area (Å²) in [7, 11) is -4.70. The summed E-state index contributed by atoms with van der Waals surface area (Å²) in [5.74, 6) is -0.539. The molecule has 4 rings (SSSR count). The summed E-state index contributed by atoms with van der Waals surface area (Å²) in [5, 5.41) is 61.6. The van der Waals surface area contributed by atoms with Crippen molar-refractivity contribution in [3.8, 4) is 0 Å². The smallest absolute Gasteiger partial charge is 0.408 e. The fourth-order valence-corrected chi connectivity index (χ4v) is 11.1. The van der Waals surface area contributed by atoms with Crippen molar-refractivity contribution in [1.82, 2.24) is 26.6 Å². The lowest BCUT2D eigenvalue weighted by Crippen LogP contribution is -2.70. The van der Waals surface area contributed by atoms with Gasteiger partial charge in [0.2, 0.25) is 0 Å². The Morgan fingerprint density at radius 2 is 0.906 bits per heavy atom. The largest absolute Gasteiger partial charge is 0.444 e. The minimum absolute atomic E-state index is 0.0478. The molecule has 1 aromatic rings. The third-order valence-electron chi connectivity index (χ3n) is 13.2. The van der Waals surface area contributed by atoms with E-state index < -0.39 is 167 Å². The van der Waals surface area contributed by atoms with E-state index in [9.17, 15) is 52.8 Å². The van der Waals surface area contributed by atoms with E-state index in [1.807, 2.05) is 53.7 Å². The maximum atomic E-state index is 14.6. The van der Waals surface area contributed by atoms with Gasteiger partial charge in [-0.25, -0.2) is 24.0 Å². The fourth-order valence-electron chi connectivity index (χ4n) is 9.54. The number of carbonyl (C=O) groups is 5.